The van der Waals surface area contributed by atoms with E-state index < -0.39 is 38.4 Å². The minimum Gasteiger partial charge on any atom is -0.329 e. The quantitative estimate of drug-likeness (QED) is 0.806. The summed E-state index contributed by atoms with van der Waals surface area (Å²) in [6.07, 6.45) is 0. The summed E-state index contributed by atoms with van der Waals surface area (Å²) in [5, 5.41) is -0.977. The van der Waals surface area contributed by atoms with Crippen molar-refractivity contribution in [2.75, 3.05) is 11.3 Å². The molecule has 1 rings (SSSR count). The highest BCUT2D eigenvalue weighted by Gasteiger charge is 2.21. The van der Waals surface area contributed by atoms with Gasteiger partial charge in [0.1, 0.15) is 5.82 Å². The highest BCUT2D eigenvalue weighted by Crippen LogP contribution is 2.20. The molecule has 0 heterocycles. The van der Waals surface area contributed by atoms with E-state index >= 15 is 0 Å². The summed E-state index contributed by atoms with van der Waals surface area (Å²) in [5.41, 5.74) is 4.51. The molecule has 0 aromatic heterocycles. The highest BCUT2D eigenvalue weighted by molar-refractivity contribution is 7.93. The van der Waals surface area contributed by atoms with Gasteiger partial charge in [0.15, 0.2) is 11.6 Å². The summed E-state index contributed by atoms with van der Waals surface area (Å²) in [5.74, 6) is -3.93. The first kappa shape index (κ1) is 13.8. The van der Waals surface area contributed by atoms with Gasteiger partial charge in [-0.15, -0.1) is 0 Å². The van der Waals surface area contributed by atoms with E-state index in [0.29, 0.717) is 6.07 Å². The third-order valence-electron chi connectivity index (χ3n) is 2.12. The lowest BCUT2D eigenvalue weighted by molar-refractivity contribution is 0.496. The zero-order valence-electron chi connectivity index (χ0n) is 8.88. The van der Waals surface area contributed by atoms with Crippen molar-refractivity contribution >= 4 is 15.7 Å². The van der Waals surface area contributed by atoms with Gasteiger partial charge in [0.2, 0.25) is 10.0 Å². The standard InChI is InChI=1S/C9H11F3N2O2S/c1-5(4-13)17(15,16)14-9-3-7(11)6(10)2-8(9)12/h2-3,5,14H,4,13H2,1H3. The van der Waals surface area contributed by atoms with Crippen LogP contribution in [0.1, 0.15) is 6.92 Å². The van der Waals surface area contributed by atoms with Crippen molar-refractivity contribution < 1.29 is 21.6 Å². The van der Waals surface area contributed by atoms with Crippen molar-refractivity contribution in [3.05, 3.63) is 29.6 Å². The normalized spacial score (nSPS) is 13.5. The van der Waals surface area contributed by atoms with E-state index in [0.717, 1.165) is 0 Å². The van der Waals surface area contributed by atoms with Crippen molar-refractivity contribution in [3.8, 4) is 0 Å². The average molecular weight is 268 g/mol. The van der Waals surface area contributed by atoms with Gasteiger partial charge in [-0.3, -0.25) is 4.72 Å². The third kappa shape index (κ3) is 3.10. The maximum Gasteiger partial charge on any atom is 0.236 e. The Kier molecular flexibility index (Phi) is 3.99. The van der Waals surface area contributed by atoms with Gasteiger partial charge in [-0.2, -0.15) is 0 Å². The number of sulfonamides is 1. The smallest absolute Gasteiger partial charge is 0.236 e. The van der Waals surface area contributed by atoms with Crippen LogP contribution in [-0.2, 0) is 10.0 Å². The first-order chi connectivity index (χ1) is 7.77. The molecular formula is C9H11F3N2O2S. The second-order valence-corrected chi connectivity index (χ2v) is 5.54. The molecule has 0 fully saturated rings. The molecule has 0 aliphatic heterocycles. The Morgan fingerprint density at radius 2 is 1.76 bits per heavy atom. The summed E-state index contributed by atoms with van der Waals surface area (Å²) in [6.45, 7) is 1.13. The van der Waals surface area contributed by atoms with Crippen LogP contribution in [0.25, 0.3) is 0 Å². The lowest BCUT2D eigenvalue weighted by Crippen LogP contribution is -2.32. The molecule has 1 aromatic carbocycles. The van der Waals surface area contributed by atoms with Crippen LogP contribution in [-0.4, -0.2) is 20.2 Å². The summed E-state index contributed by atoms with van der Waals surface area (Å²) in [7, 11) is -3.92. The van der Waals surface area contributed by atoms with Crippen LogP contribution < -0.4 is 10.5 Å². The Labute approximate surface area is 96.7 Å². The third-order valence-corrected chi connectivity index (χ3v) is 3.88. The van der Waals surface area contributed by atoms with E-state index in [1.165, 1.54) is 6.92 Å². The van der Waals surface area contributed by atoms with Crippen molar-refractivity contribution in [1.29, 1.82) is 0 Å². The van der Waals surface area contributed by atoms with Gasteiger partial charge < -0.3 is 5.73 Å². The van der Waals surface area contributed by atoms with E-state index in [9.17, 15) is 21.6 Å². The number of nitrogens with one attached hydrogen (secondary N) is 1. The zero-order valence-corrected chi connectivity index (χ0v) is 9.69. The Morgan fingerprint density at radius 3 is 2.29 bits per heavy atom. The Hall–Kier alpha value is -1.28. The number of rotatable bonds is 4. The molecule has 0 radical (unpaired) electrons. The molecule has 0 aliphatic carbocycles. The number of nitrogens with two attached hydrogens (primary N) is 1. The fraction of sp³-hybridized carbons (Fsp3) is 0.333. The number of anilines is 1. The van der Waals surface area contributed by atoms with Crippen LogP contribution in [0.3, 0.4) is 0 Å². The number of hydrogen-bond donors (Lipinski definition) is 2. The maximum absolute atomic E-state index is 13.2. The molecule has 0 spiro atoms. The Bertz CT molecular complexity index is 519. The minimum atomic E-state index is -3.92. The van der Waals surface area contributed by atoms with Crippen molar-refractivity contribution in [2.24, 2.45) is 5.73 Å². The Balaban J connectivity index is 3.08. The number of benzene rings is 1. The van der Waals surface area contributed by atoms with Crippen LogP contribution in [0, 0.1) is 17.5 Å². The predicted molar refractivity (Wildman–Crippen MR) is 57.4 cm³/mol. The van der Waals surface area contributed by atoms with Gasteiger partial charge in [0, 0.05) is 18.7 Å². The van der Waals surface area contributed by atoms with Gasteiger partial charge in [0.25, 0.3) is 0 Å². The predicted octanol–water partition coefficient (Wildman–Crippen LogP) is 1.19. The van der Waals surface area contributed by atoms with Gasteiger partial charge >= 0.3 is 0 Å². The second-order valence-electron chi connectivity index (χ2n) is 3.44. The molecule has 1 unspecified atom stereocenters. The average Bonchev–Trinajstić information content (AvgIpc) is 2.24. The molecule has 17 heavy (non-hydrogen) atoms. The fourth-order valence-electron chi connectivity index (χ4n) is 0.981. The number of halogens is 3. The monoisotopic (exact) mass is 268 g/mol. The molecule has 0 saturated heterocycles. The molecule has 1 atom stereocenters. The van der Waals surface area contributed by atoms with Gasteiger partial charge in [-0.1, -0.05) is 0 Å². The van der Waals surface area contributed by atoms with Crippen LogP contribution >= 0.6 is 0 Å². The lowest BCUT2D eigenvalue weighted by atomic mass is 10.3. The van der Waals surface area contributed by atoms with Crippen molar-refractivity contribution in [3.63, 3.8) is 0 Å². The summed E-state index contributed by atoms with van der Waals surface area (Å²) >= 11 is 0. The largest absolute Gasteiger partial charge is 0.329 e. The van der Waals surface area contributed by atoms with Crippen LogP contribution in [0.5, 0.6) is 0 Å². The van der Waals surface area contributed by atoms with E-state index in [2.05, 4.69) is 0 Å². The van der Waals surface area contributed by atoms with E-state index in [1.54, 1.807) is 0 Å². The molecule has 0 bridgehead atoms. The zero-order chi connectivity index (χ0) is 13.2. The first-order valence-corrected chi connectivity index (χ1v) is 6.18. The molecule has 0 aliphatic rings. The number of hydrogen-bond acceptors (Lipinski definition) is 3. The van der Waals surface area contributed by atoms with E-state index in [-0.39, 0.29) is 12.6 Å². The first-order valence-electron chi connectivity index (χ1n) is 4.64. The second kappa shape index (κ2) is 4.92. The maximum atomic E-state index is 13.2. The summed E-state index contributed by atoms with van der Waals surface area (Å²) in [4.78, 5) is 0. The van der Waals surface area contributed by atoms with Crippen LogP contribution in [0.2, 0.25) is 0 Å². The fourth-order valence-corrected chi connectivity index (χ4v) is 1.90. The molecule has 0 saturated carbocycles. The van der Waals surface area contributed by atoms with E-state index in [1.807, 2.05) is 4.72 Å². The molecule has 96 valence electrons. The van der Waals surface area contributed by atoms with Gasteiger partial charge in [0.05, 0.1) is 10.9 Å². The van der Waals surface area contributed by atoms with Crippen molar-refractivity contribution in [2.45, 2.75) is 12.2 Å². The van der Waals surface area contributed by atoms with E-state index in [4.69, 9.17) is 5.73 Å². The van der Waals surface area contributed by atoms with Gasteiger partial charge in [-0.25, -0.2) is 21.6 Å². The SMILES string of the molecule is CC(CN)S(=O)(=O)Nc1cc(F)c(F)cc1F. The molecule has 0 amide bonds. The molecule has 4 nitrogen and oxygen atoms in total. The Morgan fingerprint density at radius 1 is 1.24 bits per heavy atom. The molecule has 1 aromatic rings. The summed E-state index contributed by atoms with van der Waals surface area (Å²) < 4.78 is 63.4. The lowest BCUT2D eigenvalue weighted by Gasteiger charge is -2.13. The van der Waals surface area contributed by atoms with Crippen LogP contribution in [0.15, 0.2) is 12.1 Å². The summed E-state index contributed by atoms with van der Waals surface area (Å²) in [6, 6.07) is 0.700. The van der Waals surface area contributed by atoms with Crippen LogP contribution in [0.4, 0.5) is 18.9 Å². The molecule has 3 N–H and O–H groups in total. The van der Waals surface area contributed by atoms with Gasteiger partial charge in [-0.05, 0) is 6.92 Å². The highest BCUT2D eigenvalue weighted by atomic mass is 32.2. The molecular weight excluding hydrogens is 257 g/mol. The topological polar surface area (TPSA) is 72.2 Å². The minimum absolute atomic E-state index is 0.180. The van der Waals surface area contributed by atoms with Crippen molar-refractivity contribution in [1.82, 2.24) is 0 Å². The molecule has 8 heteroatoms.